The molecular weight excluding hydrogens is 499 g/mol. The molecule has 0 spiro atoms. The fourth-order valence-electron chi connectivity index (χ4n) is 4.73. The van der Waals surface area contributed by atoms with Crippen molar-refractivity contribution >= 4 is 32.7 Å². The van der Waals surface area contributed by atoms with Gasteiger partial charge in [-0.15, -0.1) is 0 Å². The van der Waals surface area contributed by atoms with E-state index in [9.17, 15) is 22.2 Å². The topological polar surface area (TPSA) is 43.9 Å². The molecule has 1 aliphatic rings. The van der Waals surface area contributed by atoms with Crippen LogP contribution in [-0.4, -0.2) is 65.9 Å². The molecule has 3 rings (SSSR count). The Labute approximate surface area is 219 Å². The summed E-state index contributed by atoms with van der Waals surface area (Å²) >= 11 is 0. The van der Waals surface area contributed by atoms with Gasteiger partial charge in [-0.25, -0.2) is 0 Å². The number of halogens is 3. The van der Waals surface area contributed by atoms with Crippen LogP contribution in [0.4, 0.5) is 24.5 Å². The molecule has 1 atom stereocenters. The van der Waals surface area contributed by atoms with Gasteiger partial charge in [0.2, 0.25) is 0 Å². The maximum absolute atomic E-state index is 13.8. The normalized spacial score (nSPS) is 15.9. The minimum atomic E-state index is -4.37. The summed E-state index contributed by atoms with van der Waals surface area (Å²) in [5.74, 6) is 4.31. The van der Waals surface area contributed by atoms with Gasteiger partial charge in [0.25, 0.3) is 5.91 Å². The lowest BCUT2D eigenvalue weighted by molar-refractivity contribution is -0.137. The van der Waals surface area contributed by atoms with Crippen LogP contribution in [0.25, 0.3) is 0 Å². The molecule has 1 unspecified atom stereocenters. The summed E-state index contributed by atoms with van der Waals surface area (Å²) in [6, 6.07) is 10.7. The van der Waals surface area contributed by atoms with E-state index in [0.29, 0.717) is 48.1 Å². The third kappa shape index (κ3) is 7.00. The van der Waals surface area contributed by atoms with Gasteiger partial charge in [-0.05, 0) is 77.1 Å². The summed E-state index contributed by atoms with van der Waals surface area (Å²) in [4.78, 5) is 20.4. The second-order valence-corrected chi connectivity index (χ2v) is 12.0. The number of carbonyl (C=O) groups excluding carboxylic acids is 1. The Morgan fingerprint density at radius 3 is 2.05 bits per heavy atom. The lowest BCUT2D eigenvalue weighted by Gasteiger charge is -2.37. The molecule has 2 aromatic rings. The quantitative estimate of drug-likeness (QED) is 0.361. The number of carbonyl (C=O) groups is 1. The van der Waals surface area contributed by atoms with Gasteiger partial charge in [-0.3, -0.25) is 9.00 Å². The van der Waals surface area contributed by atoms with Crippen LogP contribution in [0.3, 0.4) is 0 Å². The van der Waals surface area contributed by atoms with Crippen LogP contribution in [0.1, 0.15) is 56.0 Å². The molecule has 1 fully saturated rings. The molecule has 0 saturated carbocycles. The van der Waals surface area contributed by atoms with Crippen LogP contribution in [-0.2, 0) is 15.7 Å². The Morgan fingerprint density at radius 2 is 1.54 bits per heavy atom. The number of benzene rings is 2. The molecule has 0 N–H and O–H groups in total. The first kappa shape index (κ1) is 28.9. The lowest BCUT2D eigenvalue weighted by Crippen LogP contribution is -2.49. The minimum Gasteiger partial charge on any atom is -0.371 e. The molecule has 0 bridgehead atoms. The zero-order valence-corrected chi connectivity index (χ0v) is 22.8. The number of rotatable bonds is 10. The van der Waals surface area contributed by atoms with E-state index in [2.05, 4.69) is 24.6 Å². The van der Waals surface area contributed by atoms with Crippen molar-refractivity contribution in [1.29, 1.82) is 0 Å². The smallest absolute Gasteiger partial charge is 0.371 e. The van der Waals surface area contributed by atoms with Gasteiger partial charge in [-0.1, -0.05) is 20.8 Å². The molecule has 37 heavy (non-hydrogen) atoms. The van der Waals surface area contributed by atoms with Crippen molar-refractivity contribution in [1.82, 2.24) is 4.90 Å². The number of hydrogen-bond donors (Lipinski definition) is 0. The van der Waals surface area contributed by atoms with Crippen molar-refractivity contribution in [2.75, 3.05) is 54.8 Å². The standard InChI is InChI=1S/C28H38F3N3O2S/c1-5-14-33(15-6-2)26-13-12-24(37(4,36)20-7-3)21-25(26)27(35)34-18-16-32(17-19-34)23-10-8-22(9-11-23)28(29,30)31/h8-13,21H,4-7,14-20H2,1-3H3. The molecule has 1 amide bonds. The monoisotopic (exact) mass is 537 g/mol. The summed E-state index contributed by atoms with van der Waals surface area (Å²) in [5.41, 5.74) is 1.41. The van der Waals surface area contributed by atoms with E-state index in [-0.39, 0.29) is 5.91 Å². The summed E-state index contributed by atoms with van der Waals surface area (Å²) in [7, 11) is -2.50. The molecular formula is C28H38F3N3O2S. The first-order valence-electron chi connectivity index (χ1n) is 13.0. The second kappa shape index (κ2) is 12.2. The number of hydrogen-bond acceptors (Lipinski definition) is 4. The van der Waals surface area contributed by atoms with E-state index in [1.54, 1.807) is 11.0 Å². The van der Waals surface area contributed by atoms with Gasteiger partial charge in [0.05, 0.1) is 11.1 Å². The predicted molar refractivity (Wildman–Crippen MR) is 147 cm³/mol. The molecule has 9 heteroatoms. The Morgan fingerprint density at radius 1 is 0.946 bits per heavy atom. The Kier molecular flexibility index (Phi) is 9.56. The van der Waals surface area contributed by atoms with E-state index in [0.717, 1.165) is 50.2 Å². The van der Waals surface area contributed by atoms with Gasteiger partial charge in [0.1, 0.15) is 0 Å². The lowest BCUT2D eigenvalue weighted by atomic mass is 10.1. The fourth-order valence-corrected chi connectivity index (χ4v) is 6.28. The van der Waals surface area contributed by atoms with E-state index < -0.39 is 21.3 Å². The Balaban J connectivity index is 1.85. The molecule has 0 aliphatic carbocycles. The number of amides is 1. The van der Waals surface area contributed by atoms with E-state index in [4.69, 9.17) is 0 Å². The molecule has 2 aromatic carbocycles. The van der Waals surface area contributed by atoms with Crippen LogP contribution >= 0.6 is 0 Å². The van der Waals surface area contributed by atoms with Crippen molar-refractivity contribution in [3.8, 4) is 0 Å². The van der Waals surface area contributed by atoms with Crippen molar-refractivity contribution in [2.24, 2.45) is 0 Å². The highest BCUT2D eigenvalue weighted by atomic mass is 32.2. The van der Waals surface area contributed by atoms with Gasteiger partial charge in [-0.2, -0.15) is 13.2 Å². The van der Waals surface area contributed by atoms with Crippen LogP contribution in [0.5, 0.6) is 0 Å². The summed E-state index contributed by atoms with van der Waals surface area (Å²) in [6.07, 6.45) is -1.77. The number of alkyl halides is 3. The highest BCUT2D eigenvalue weighted by Crippen LogP contribution is 2.31. The first-order chi connectivity index (χ1) is 17.5. The van der Waals surface area contributed by atoms with Gasteiger partial charge >= 0.3 is 6.18 Å². The molecule has 1 aliphatic heterocycles. The largest absolute Gasteiger partial charge is 0.416 e. The van der Waals surface area contributed by atoms with Crippen LogP contribution < -0.4 is 9.80 Å². The van der Waals surface area contributed by atoms with Crippen molar-refractivity contribution < 1.29 is 22.2 Å². The Bertz CT molecular complexity index is 1150. The Hall–Kier alpha value is -2.68. The third-order valence-corrected chi connectivity index (χ3v) is 8.80. The number of anilines is 2. The molecule has 1 heterocycles. The SMILES string of the molecule is C=S(=O)(CCC)c1ccc(N(CCC)CCC)c(C(=O)N2CCN(c3ccc(C(F)(F)F)cc3)CC2)c1. The zero-order valence-electron chi connectivity index (χ0n) is 22.0. The van der Waals surface area contributed by atoms with Gasteiger partial charge < -0.3 is 14.7 Å². The maximum Gasteiger partial charge on any atom is 0.416 e. The van der Waals surface area contributed by atoms with E-state index >= 15 is 0 Å². The summed E-state index contributed by atoms with van der Waals surface area (Å²) in [6.45, 7) is 9.70. The molecule has 1 saturated heterocycles. The minimum absolute atomic E-state index is 0.118. The van der Waals surface area contributed by atoms with Crippen LogP contribution in [0, 0.1) is 0 Å². The molecule has 5 nitrogen and oxygen atoms in total. The maximum atomic E-state index is 13.8. The first-order valence-corrected chi connectivity index (χ1v) is 14.9. The summed E-state index contributed by atoms with van der Waals surface area (Å²) < 4.78 is 52.0. The predicted octanol–water partition coefficient (Wildman–Crippen LogP) is 5.78. The average molecular weight is 538 g/mol. The fraction of sp³-hybridized carbons (Fsp3) is 0.500. The van der Waals surface area contributed by atoms with Crippen molar-refractivity contribution in [3.63, 3.8) is 0 Å². The second-order valence-electron chi connectivity index (χ2n) is 9.51. The highest BCUT2D eigenvalue weighted by molar-refractivity contribution is 8.00. The summed E-state index contributed by atoms with van der Waals surface area (Å²) in [5, 5.41) is 0. The van der Waals surface area contributed by atoms with Crippen LogP contribution in [0.2, 0.25) is 0 Å². The molecule has 204 valence electrons. The molecule has 0 radical (unpaired) electrons. The van der Waals surface area contributed by atoms with Gasteiger partial charge in [0, 0.05) is 61.3 Å². The van der Waals surface area contributed by atoms with Crippen LogP contribution in [0.15, 0.2) is 47.4 Å². The molecule has 0 aromatic heterocycles. The van der Waals surface area contributed by atoms with Crippen molar-refractivity contribution in [3.05, 3.63) is 53.6 Å². The highest BCUT2D eigenvalue weighted by Gasteiger charge is 2.31. The van der Waals surface area contributed by atoms with E-state index in [1.165, 1.54) is 12.1 Å². The number of nitrogens with zero attached hydrogens (tertiary/aromatic N) is 3. The van der Waals surface area contributed by atoms with Gasteiger partial charge in [0.15, 0.2) is 0 Å². The van der Waals surface area contributed by atoms with Crippen molar-refractivity contribution in [2.45, 2.75) is 51.1 Å². The third-order valence-electron chi connectivity index (χ3n) is 6.62. The van der Waals surface area contributed by atoms with E-state index in [1.807, 2.05) is 24.0 Å². The average Bonchev–Trinajstić information content (AvgIpc) is 2.87. The zero-order chi connectivity index (χ0) is 27.2. The number of piperazine rings is 1.